The van der Waals surface area contributed by atoms with E-state index in [1.54, 1.807) is 0 Å². The molecule has 9 heteroatoms. The number of nitrogens with one attached hydrogen (secondary N) is 1. The van der Waals surface area contributed by atoms with Gasteiger partial charge in [-0.05, 0) is 56.1 Å². The number of sulfonamides is 1. The normalized spacial score (nSPS) is 11.6. The number of anilines is 1. The van der Waals surface area contributed by atoms with Gasteiger partial charge in [0.1, 0.15) is 4.21 Å². The molecule has 102 valence electrons. The zero-order valence-electron chi connectivity index (χ0n) is 8.95. The van der Waals surface area contributed by atoms with E-state index in [0.29, 0.717) is 24.0 Å². The molecule has 19 heavy (non-hydrogen) atoms. The van der Waals surface area contributed by atoms with Crippen LogP contribution in [-0.4, -0.2) is 8.42 Å². The molecular weight excluding hydrogens is 461 g/mol. The summed E-state index contributed by atoms with van der Waals surface area (Å²) in [6.07, 6.45) is 0. The third-order valence-corrected chi connectivity index (χ3v) is 7.55. The first-order valence-electron chi connectivity index (χ1n) is 4.72. The van der Waals surface area contributed by atoms with E-state index in [2.05, 4.69) is 36.6 Å². The van der Waals surface area contributed by atoms with Crippen LogP contribution in [0.1, 0.15) is 0 Å². The van der Waals surface area contributed by atoms with Crippen LogP contribution in [0.15, 0.2) is 36.7 Å². The molecule has 0 unspecified atom stereocenters. The average Bonchev–Trinajstić information content (AvgIpc) is 2.57. The van der Waals surface area contributed by atoms with Gasteiger partial charge in [-0.15, -0.1) is 11.3 Å². The highest BCUT2D eigenvalue weighted by Crippen LogP contribution is 2.36. The van der Waals surface area contributed by atoms with Gasteiger partial charge < -0.3 is 0 Å². The molecule has 0 amide bonds. The van der Waals surface area contributed by atoms with Crippen LogP contribution in [-0.2, 0) is 10.0 Å². The number of thiophene rings is 1. The Morgan fingerprint density at radius 3 is 2.11 bits per heavy atom. The van der Waals surface area contributed by atoms with Crippen molar-refractivity contribution in [2.45, 2.75) is 4.21 Å². The molecule has 0 aliphatic heterocycles. The summed E-state index contributed by atoms with van der Waals surface area (Å²) in [5, 5.41) is 0.720. The van der Waals surface area contributed by atoms with Crippen molar-refractivity contribution in [1.82, 2.24) is 0 Å². The second kappa shape index (κ2) is 5.91. The summed E-state index contributed by atoms with van der Waals surface area (Å²) in [7, 11) is -3.66. The van der Waals surface area contributed by atoms with Crippen LogP contribution in [0.4, 0.5) is 5.69 Å². The van der Waals surface area contributed by atoms with Gasteiger partial charge in [-0.3, -0.25) is 4.72 Å². The maximum Gasteiger partial charge on any atom is 0.271 e. The Hall–Kier alpha value is 0.210. The lowest BCUT2D eigenvalue weighted by Crippen LogP contribution is -2.11. The molecule has 1 N–H and O–H groups in total. The molecule has 1 aromatic heterocycles. The fraction of sp³-hybridized carbons (Fsp3) is 0. The van der Waals surface area contributed by atoms with Crippen LogP contribution in [0, 0.1) is 0 Å². The summed E-state index contributed by atoms with van der Waals surface area (Å²) in [4.78, 5) is 0. The Bertz CT molecular complexity index is 691. The summed E-state index contributed by atoms with van der Waals surface area (Å²) in [5.41, 5.74) is 0.318. The minimum absolute atomic E-state index is 0.183. The van der Waals surface area contributed by atoms with Crippen molar-refractivity contribution in [3.63, 3.8) is 0 Å². The topological polar surface area (TPSA) is 46.2 Å². The second-order valence-corrected chi connectivity index (χ2v) is 9.46. The van der Waals surface area contributed by atoms with E-state index < -0.39 is 10.0 Å². The number of hydrogen-bond acceptors (Lipinski definition) is 3. The van der Waals surface area contributed by atoms with Gasteiger partial charge in [0.15, 0.2) is 0 Å². The molecule has 0 aliphatic carbocycles. The van der Waals surface area contributed by atoms with Crippen LogP contribution >= 0.6 is 66.4 Å². The smallest absolute Gasteiger partial charge is 0.271 e. The Kier molecular flexibility index (Phi) is 4.85. The fourth-order valence-corrected chi connectivity index (χ4v) is 5.66. The van der Waals surface area contributed by atoms with Gasteiger partial charge in [-0.2, -0.15) is 0 Å². The molecule has 0 bridgehead atoms. The second-order valence-electron chi connectivity index (χ2n) is 3.45. The Morgan fingerprint density at radius 2 is 1.63 bits per heavy atom. The van der Waals surface area contributed by atoms with Crippen LogP contribution in [0.25, 0.3) is 0 Å². The van der Waals surface area contributed by atoms with E-state index in [1.807, 2.05) is 0 Å². The summed E-state index contributed by atoms with van der Waals surface area (Å²) in [6.45, 7) is 0. The lowest BCUT2D eigenvalue weighted by molar-refractivity contribution is 0.603. The van der Waals surface area contributed by atoms with Crippen LogP contribution in [0.5, 0.6) is 0 Å². The number of rotatable bonds is 3. The largest absolute Gasteiger partial charge is 0.279 e. The van der Waals surface area contributed by atoms with E-state index in [1.165, 1.54) is 24.3 Å². The minimum atomic E-state index is -3.66. The Morgan fingerprint density at radius 1 is 1.05 bits per heavy atom. The van der Waals surface area contributed by atoms with Crippen LogP contribution < -0.4 is 4.72 Å². The molecule has 0 fully saturated rings. The summed E-state index contributed by atoms with van der Waals surface area (Å²) >= 11 is 19.2. The lowest BCUT2D eigenvalue weighted by Gasteiger charge is -2.07. The number of hydrogen-bond donors (Lipinski definition) is 1. The van der Waals surface area contributed by atoms with Gasteiger partial charge in [-0.25, -0.2) is 8.42 Å². The van der Waals surface area contributed by atoms with Gasteiger partial charge in [0.2, 0.25) is 0 Å². The monoisotopic (exact) mass is 463 g/mol. The van der Waals surface area contributed by atoms with Gasteiger partial charge >= 0.3 is 0 Å². The number of benzene rings is 1. The Labute approximate surface area is 141 Å². The highest BCUT2D eigenvalue weighted by atomic mass is 79.9. The summed E-state index contributed by atoms with van der Waals surface area (Å²) in [5.74, 6) is 0. The Balaban J connectivity index is 2.36. The van der Waals surface area contributed by atoms with Crippen LogP contribution in [0.2, 0.25) is 10.0 Å². The molecule has 3 nitrogen and oxygen atoms in total. The van der Waals surface area contributed by atoms with E-state index in [4.69, 9.17) is 23.2 Å². The first-order chi connectivity index (χ1) is 8.78. The quantitative estimate of drug-likeness (QED) is 0.661. The molecular formula is C10H5Br2Cl2NO2S2. The molecule has 2 aromatic rings. The van der Waals surface area contributed by atoms with Gasteiger partial charge in [0, 0.05) is 14.5 Å². The molecule has 0 saturated carbocycles. The van der Waals surface area contributed by atoms with Crippen molar-refractivity contribution < 1.29 is 8.42 Å². The fourth-order valence-electron chi connectivity index (χ4n) is 1.28. The highest BCUT2D eigenvalue weighted by molar-refractivity contribution is 9.13. The molecule has 0 atom stereocenters. The molecule has 0 spiro atoms. The zero-order valence-corrected chi connectivity index (χ0v) is 15.3. The van der Waals surface area contributed by atoms with Crippen molar-refractivity contribution in [1.29, 1.82) is 0 Å². The SMILES string of the molecule is O=S(=O)(Nc1cc(Cl)cc(Cl)c1)c1cc(Br)c(Br)s1. The first-order valence-corrected chi connectivity index (χ1v) is 9.36. The third kappa shape index (κ3) is 3.86. The predicted octanol–water partition coefficient (Wildman–Crippen LogP) is 5.38. The van der Waals surface area contributed by atoms with E-state index in [-0.39, 0.29) is 4.21 Å². The minimum Gasteiger partial charge on any atom is -0.279 e. The first kappa shape index (κ1) is 15.6. The predicted molar refractivity (Wildman–Crippen MR) is 87.0 cm³/mol. The van der Waals surface area contributed by atoms with Crippen molar-refractivity contribution in [2.24, 2.45) is 0 Å². The summed E-state index contributed by atoms with van der Waals surface area (Å²) in [6, 6.07) is 6.02. The highest BCUT2D eigenvalue weighted by Gasteiger charge is 2.19. The average molecular weight is 466 g/mol. The zero-order chi connectivity index (χ0) is 14.2. The van der Waals surface area contributed by atoms with Gasteiger partial charge in [-0.1, -0.05) is 23.2 Å². The molecule has 1 aromatic carbocycles. The molecule has 1 heterocycles. The molecule has 0 saturated heterocycles. The van der Waals surface area contributed by atoms with Gasteiger partial charge in [0.25, 0.3) is 10.0 Å². The molecule has 0 aliphatic rings. The maximum atomic E-state index is 12.2. The molecule has 0 radical (unpaired) electrons. The summed E-state index contributed by atoms with van der Waals surface area (Å²) < 4.78 is 28.3. The lowest BCUT2D eigenvalue weighted by atomic mass is 10.3. The van der Waals surface area contributed by atoms with Crippen molar-refractivity contribution in [3.8, 4) is 0 Å². The third-order valence-electron chi connectivity index (χ3n) is 2.00. The van der Waals surface area contributed by atoms with Crippen molar-refractivity contribution >= 4 is 82.1 Å². The maximum absolute atomic E-state index is 12.2. The van der Waals surface area contributed by atoms with Crippen molar-refractivity contribution in [2.75, 3.05) is 4.72 Å². The molecule has 2 rings (SSSR count). The number of halogens is 4. The van der Waals surface area contributed by atoms with E-state index >= 15 is 0 Å². The van der Waals surface area contributed by atoms with E-state index in [0.717, 1.165) is 11.3 Å². The van der Waals surface area contributed by atoms with Crippen LogP contribution in [0.3, 0.4) is 0 Å². The standard InChI is InChI=1S/C10H5Br2Cl2NO2S2/c11-8-4-9(18-10(8)12)19(16,17)15-7-2-5(13)1-6(14)3-7/h1-4,15H. The van der Waals surface area contributed by atoms with E-state index in [9.17, 15) is 8.42 Å². The van der Waals surface area contributed by atoms with Gasteiger partial charge in [0.05, 0.1) is 9.47 Å². The van der Waals surface area contributed by atoms with Crippen molar-refractivity contribution in [3.05, 3.63) is 42.6 Å².